The topological polar surface area (TPSA) is 44.7 Å². The van der Waals surface area contributed by atoms with E-state index in [1.54, 1.807) is 0 Å². The van der Waals surface area contributed by atoms with Crippen LogP contribution in [0.3, 0.4) is 0 Å². The molecule has 0 bridgehead atoms. The van der Waals surface area contributed by atoms with Gasteiger partial charge in [-0.2, -0.15) is 0 Å². The number of aliphatic hydroxyl groups excluding tert-OH is 1. The van der Waals surface area contributed by atoms with E-state index in [1.807, 2.05) is 0 Å². The van der Waals surface area contributed by atoms with E-state index >= 15 is 0 Å². The lowest BCUT2D eigenvalue weighted by Gasteiger charge is -2.41. The number of nitrogens with zero attached hydrogens (tertiary/aromatic N) is 1. The molecule has 1 saturated carbocycles. The first-order valence-electron chi connectivity index (χ1n) is 7.92. The predicted octanol–water partition coefficient (Wildman–Crippen LogP) is 1.24. The normalized spacial score (nSPS) is 27.9. The zero-order valence-electron chi connectivity index (χ0n) is 12.4. The van der Waals surface area contributed by atoms with Gasteiger partial charge in [0.15, 0.2) is 0 Å². The summed E-state index contributed by atoms with van der Waals surface area (Å²) < 4.78 is 5.77. The third-order valence-corrected chi connectivity index (χ3v) is 4.26. The van der Waals surface area contributed by atoms with Crippen LogP contribution in [0, 0.1) is 5.41 Å². The number of nitrogens with one attached hydrogen (secondary N) is 1. The third kappa shape index (κ3) is 5.03. The molecule has 112 valence electrons. The fourth-order valence-electron chi connectivity index (χ4n) is 3.08. The van der Waals surface area contributed by atoms with Gasteiger partial charge in [-0.1, -0.05) is 6.92 Å². The predicted molar refractivity (Wildman–Crippen MR) is 77.3 cm³/mol. The Morgan fingerprint density at radius 3 is 2.79 bits per heavy atom. The maximum atomic E-state index is 9.22. The van der Waals surface area contributed by atoms with Gasteiger partial charge in [0.2, 0.25) is 0 Å². The Balaban J connectivity index is 1.89. The molecule has 0 aromatic carbocycles. The second kappa shape index (κ2) is 7.58. The van der Waals surface area contributed by atoms with Gasteiger partial charge in [-0.25, -0.2) is 0 Å². The molecule has 1 aliphatic heterocycles. The van der Waals surface area contributed by atoms with Gasteiger partial charge in [-0.15, -0.1) is 0 Å². The molecular weight excluding hydrogens is 240 g/mol. The SMILES string of the molecule is CCCN(CCO)CC1(CNC2CC2)CCCOC1. The Labute approximate surface area is 117 Å². The molecule has 4 heteroatoms. The monoisotopic (exact) mass is 270 g/mol. The highest BCUT2D eigenvalue weighted by atomic mass is 16.5. The molecule has 0 aromatic heterocycles. The zero-order chi connectivity index (χ0) is 13.6. The summed E-state index contributed by atoms with van der Waals surface area (Å²) in [5.74, 6) is 0. The number of rotatable bonds is 9. The molecule has 1 atom stereocenters. The highest BCUT2D eigenvalue weighted by Crippen LogP contribution is 2.31. The fraction of sp³-hybridized carbons (Fsp3) is 1.00. The Morgan fingerprint density at radius 1 is 1.37 bits per heavy atom. The van der Waals surface area contributed by atoms with Crippen molar-refractivity contribution in [1.82, 2.24) is 10.2 Å². The maximum absolute atomic E-state index is 9.22. The van der Waals surface area contributed by atoms with Crippen LogP contribution >= 0.6 is 0 Å². The van der Waals surface area contributed by atoms with E-state index in [0.29, 0.717) is 0 Å². The first-order chi connectivity index (χ1) is 9.28. The molecule has 0 radical (unpaired) electrons. The summed E-state index contributed by atoms with van der Waals surface area (Å²) in [5, 5.41) is 12.9. The van der Waals surface area contributed by atoms with Crippen LogP contribution < -0.4 is 5.32 Å². The van der Waals surface area contributed by atoms with Crippen molar-refractivity contribution in [1.29, 1.82) is 0 Å². The zero-order valence-corrected chi connectivity index (χ0v) is 12.4. The lowest BCUT2D eigenvalue weighted by molar-refractivity contribution is -0.0282. The first kappa shape index (κ1) is 15.2. The molecule has 0 spiro atoms. The minimum atomic E-state index is 0.255. The Morgan fingerprint density at radius 2 is 2.21 bits per heavy atom. The van der Waals surface area contributed by atoms with Crippen molar-refractivity contribution in [3.05, 3.63) is 0 Å². The smallest absolute Gasteiger partial charge is 0.0558 e. The van der Waals surface area contributed by atoms with Crippen LogP contribution in [0.4, 0.5) is 0 Å². The molecule has 2 rings (SSSR count). The van der Waals surface area contributed by atoms with Crippen molar-refractivity contribution in [2.75, 3.05) is 46.0 Å². The second-order valence-corrected chi connectivity index (χ2v) is 6.31. The van der Waals surface area contributed by atoms with Gasteiger partial charge < -0.3 is 20.1 Å². The van der Waals surface area contributed by atoms with E-state index in [0.717, 1.165) is 51.9 Å². The van der Waals surface area contributed by atoms with Crippen molar-refractivity contribution in [3.8, 4) is 0 Å². The van der Waals surface area contributed by atoms with Gasteiger partial charge in [0, 0.05) is 37.7 Å². The summed E-state index contributed by atoms with van der Waals surface area (Å²) in [6, 6.07) is 0.760. The van der Waals surface area contributed by atoms with Crippen molar-refractivity contribution >= 4 is 0 Å². The summed E-state index contributed by atoms with van der Waals surface area (Å²) in [6.45, 7) is 8.25. The van der Waals surface area contributed by atoms with E-state index in [9.17, 15) is 5.11 Å². The quantitative estimate of drug-likeness (QED) is 0.662. The van der Waals surface area contributed by atoms with Crippen LogP contribution in [0.25, 0.3) is 0 Å². The summed E-state index contributed by atoms with van der Waals surface area (Å²) >= 11 is 0. The average Bonchev–Trinajstić information content (AvgIpc) is 3.22. The molecule has 0 aromatic rings. The molecule has 2 aliphatic rings. The summed E-state index contributed by atoms with van der Waals surface area (Å²) in [5.41, 5.74) is 0.255. The van der Waals surface area contributed by atoms with Crippen LogP contribution in [0.5, 0.6) is 0 Å². The van der Waals surface area contributed by atoms with E-state index in [2.05, 4.69) is 17.1 Å². The molecule has 0 amide bonds. The van der Waals surface area contributed by atoms with E-state index in [1.165, 1.54) is 25.7 Å². The molecule has 1 saturated heterocycles. The largest absolute Gasteiger partial charge is 0.395 e. The number of hydrogen-bond acceptors (Lipinski definition) is 4. The van der Waals surface area contributed by atoms with Crippen LogP contribution in [0.1, 0.15) is 39.0 Å². The maximum Gasteiger partial charge on any atom is 0.0558 e. The van der Waals surface area contributed by atoms with Gasteiger partial charge >= 0.3 is 0 Å². The molecule has 2 fully saturated rings. The van der Waals surface area contributed by atoms with E-state index in [4.69, 9.17) is 4.74 Å². The second-order valence-electron chi connectivity index (χ2n) is 6.31. The van der Waals surface area contributed by atoms with Gasteiger partial charge in [0.1, 0.15) is 0 Å². The Hall–Kier alpha value is -0.160. The van der Waals surface area contributed by atoms with Crippen LogP contribution in [-0.4, -0.2) is 62.0 Å². The standard InChI is InChI=1S/C15H30N2O2/c1-2-7-17(8-9-18)12-15(6-3-10-19-13-15)11-16-14-4-5-14/h14,16,18H,2-13H2,1H3. The van der Waals surface area contributed by atoms with Crippen LogP contribution in [0.2, 0.25) is 0 Å². The van der Waals surface area contributed by atoms with Gasteiger partial charge in [-0.3, -0.25) is 0 Å². The van der Waals surface area contributed by atoms with Crippen molar-refractivity contribution in [3.63, 3.8) is 0 Å². The summed E-state index contributed by atoms with van der Waals surface area (Å²) in [4.78, 5) is 2.41. The van der Waals surface area contributed by atoms with Crippen molar-refractivity contribution in [2.45, 2.75) is 45.1 Å². The summed E-state index contributed by atoms with van der Waals surface area (Å²) in [6.07, 6.45) is 6.25. The molecule has 2 N–H and O–H groups in total. The average molecular weight is 270 g/mol. The lowest BCUT2D eigenvalue weighted by atomic mass is 9.81. The third-order valence-electron chi connectivity index (χ3n) is 4.26. The molecular formula is C15H30N2O2. The van der Waals surface area contributed by atoms with E-state index < -0.39 is 0 Å². The minimum absolute atomic E-state index is 0.255. The Bertz CT molecular complexity index is 245. The number of hydrogen-bond donors (Lipinski definition) is 2. The van der Waals surface area contributed by atoms with Crippen molar-refractivity contribution < 1.29 is 9.84 Å². The van der Waals surface area contributed by atoms with E-state index in [-0.39, 0.29) is 12.0 Å². The lowest BCUT2D eigenvalue weighted by Crippen LogP contribution is -2.50. The highest BCUT2D eigenvalue weighted by molar-refractivity contribution is 4.91. The van der Waals surface area contributed by atoms with Crippen molar-refractivity contribution in [2.24, 2.45) is 5.41 Å². The highest BCUT2D eigenvalue weighted by Gasteiger charge is 2.36. The molecule has 4 nitrogen and oxygen atoms in total. The number of ether oxygens (including phenoxy) is 1. The van der Waals surface area contributed by atoms with Gasteiger partial charge in [0.05, 0.1) is 13.2 Å². The van der Waals surface area contributed by atoms with Crippen LogP contribution in [-0.2, 0) is 4.74 Å². The molecule has 19 heavy (non-hydrogen) atoms. The molecule has 1 heterocycles. The number of aliphatic hydroxyl groups is 1. The first-order valence-corrected chi connectivity index (χ1v) is 7.92. The molecule has 1 aliphatic carbocycles. The van der Waals surface area contributed by atoms with Gasteiger partial charge in [0.25, 0.3) is 0 Å². The molecule has 1 unspecified atom stereocenters. The van der Waals surface area contributed by atoms with Crippen LogP contribution in [0.15, 0.2) is 0 Å². The van der Waals surface area contributed by atoms with Gasteiger partial charge in [-0.05, 0) is 38.6 Å². The summed E-state index contributed by atoms with van der Waals surface area (Å²) in [7, 11) is 0. The Kier molecular flexibility index (Phi) is 6.07. The minimum Gasteiger partial charge on any atom is -0.395 e. The fourth-order valence-corrected chi connectivity index (χ4v) is 3.08.